The van der Waals surface area contributed by atoms with Crippen LogP contribution in [0.25, 0.3) is 0 Å². The molecule has 6 nitrogen and oxygen atoms in total. The summed E-state index contributed by atoms with van der Waals surface area (Å²) in [6, 6.07) is 8.74. The second-order valence-corrected chi connectivity index (χ2v) is 6.56. The molecule has 0 radical (unpaired) electrons. The zero-order chi connectivity index (χ0) is 17.4. The Kier molecular flexibility index (Phi) is 3.95. The maximum absolute atomic E-state index is 12.6. The minimum atomic E-state index is -0.232. The molecule has 1 aliphatic heterocycles. The van der Waals surface area contributed by atoms with Gasteiger partial charge in [0.1, 0.15) is 13.2 Å². The van der Waals surface area contributed by atoms with Crippen molar-refractivity contribution in [3.63, 3.8) is 0 Å². The van der Waals surface area contributed by atoms with E-state index in [-0.39, 0.29) is 17.5 Å². The lowest BCUT2D eigenvalue weighted by Crippen LogP contribution is -2.31. The Balaban J connectivity index is 1.58. The van der Waals surface area contributed by atoms with Crippen LogP contribution in [0.2, 0.25) is 0 Å². The zero-order valence-electron chi connectivity index (χ0n) is 14.0. The summed E-state index contributed by atoms with van der Waals surface area (Å²) in [7, 11) is 1.66. The van der Waals surface area contributed by atoms with E-state index in [0.717, 1.165) is 29.9 Å². The molecular weight excluding hydrogens is 320 g/mol. The summed E-state index contributed by atoms with van der Waals surface area (Å²) in [5, 5.41) is 3.08. The first-order chi connectivity index (χ1) is 12.1. The lowest BCUT2D eigenvalue weighted by molar-refractivity contribution is 0.0931. The Morgan fingerprint density at radius 3 is 2.64 bits per heavy atom. The third kappa shape index (κ3) is 3.24. The molecule has 1 fully saturated rings. The highest BCUT2D eigenvalue weighted by Crippen LogP contribution is 2.43. The number of carbonyl (C=O) groups is 1. The second kappa shape index (κ2) is 6.27. The quantitative estimate of drug-likeness (QED) is 0.925. The van der Waals surface area contributed by atoms with Crippen molar-refractivity contribution in [2.75, 3.05) is 13.2 Å². The molecule has 1 saturated carbocycles. The summed E-state index contributed by atoms with van der Waals surface area (Å²) < 4.78 is 12.7. The van der Waals surface area contributed by atoms with Crippen LogP contribution in [0, 0.1) is 5.92 Å². The van der Waals surface area contributed by atoms with E-state index in [0.29, 0.717) is 24.7 Å². The molecule has 2 aliphatic rings. The standard InChI is InChI=1S/C19H20N2O4/c1-21-7-6-14(11-17(21)22)19(23)20-18(12-2-3-12)13-4-5-15-16(10-13)25-9-8-24-15/h4-7,10-12,18H,2-3,8-9H2,1H3,(H,20,23). The van der Waals surface area contributed by atoms with E-state index in [2.05, 4.69) is 5.32 Å². The lowest BCUT2D eigenvalue weighted by atomic mass is 10.0. The number of hydrogen-bond donors (Lipinski definition) is 1. The van der Waals surface area contributed by atoms with Crippen molar-refractivity contribution in [3.8, 4) is 11.5 Å². The van der Waals surface area contributed by atoms with Crippen molar-refractivity contribution in [2.24, 2.45) is 13.0 Å². The second-order valence-electron chi connectivity index (χ2n) is 6.56. The molecule has 1 aromatic carbocycles. The van der Waals surface area contributed by atoms with Gasteiger partial charge in [-0.25, -0.2) is 0 Å². The first-order valence-corrected chi connectivity index (χ1v) is 8.49. The highest BCUT2D eigenvalue weighted by Gasteiger charge is 2.34. The van der Waals surface area contributed by atoms with Crippen molar-refractivity contribution < 1.29 is 14.3 Å². The summed E-state index contributed by atoms with van der Waals surface area (Å²) in [6.07, 6.45) is 3.76. The molecule has 2 heterocycles. The van der Waals surface area contributed by atoms with Crippen LogP contribution in [0.5, 0.6) is 11.5 Å². The highest BCUT2D eigenvalue weighted by molar-refractivity contribution is 5.94. The predicted molar refractivity (Wildman–Crippen MR) is 92.0 cm³/mol. The Morgan fingerprint density at radius 1 is 1.16 bits per heavy atom. The van der Waals surface area contributed by atoms with E-state index >= 15 is 0 Å². The number of rotatable bonds is 4. The maximum atomic E-state index is 12.6. The van der Waals surface area contributed by atoms with Gasteiger partial charge in [0.2, 0.25) is 0 Å². The van der Waals surface area contributed by atoms with Crippen molar-refractivity contribution in [1.29, 1.82) is 0 Å². The number of pyridine rings is 1. The fourth-order valence-corrected chi connectivity index (χ4v) is 3.07. The van der Waals surface area contributed by atoms with Gasteiger partial charge in [-0.1, -0.05) is 6.07 Å². The minimum absolute atomic E-state index is 0.0904. The molecule has 6 heteroatoms. The average Bonchev–Trinajstić information content (AvgIpc) is 3.46. The van der Waals surface area contributed by atoms with Gasteiger partial charge in [0, 0.05) is 24.9 Å². The van der Waals surface area contributed by atoms with Gasteiger partial charge in [-0.2, -0.15) is 0 Å². The Labute approximate surface area is 145 Å². The van der Waals surface area contributed by atoms with Crippen LogP contribution in [-0.2, 0) is 7.05 Å². The van der Waals surface area contributed by atoms with Crippen LogP contribution in [0.3, 0.4) is 0 Å². The largest absolute Gasteiger partial charge is 0.486 e. The highest BCUT2D eigenvalue weighted by atomic mass is 16.6. The van der Waals surface area contributed by atoms with Gasteiger partial charge in [-0.15, -0.1) is 0 Å². The van der Waals surface area contributed by atoms with Crippen LogP contribution in [0.15, 0.2) is 41.3 Å². The number of aryl methyl sites for hydroxylation is 1. The smallest absolute Gasteiger partial charge is 0.252 e. The molecule has 2 aromatic rings. The van der Waals surface area contributed by atoms with Gasteiger partial charge in [0.05, 0.1) is 6.04 Å². The van der Waals surface area contributed by atoms with Gasteiger partial charge in [-0.05, 0) is 42.5 Å². The number of benzene rings is 1. The molecule has 1 unspecified atom stereocenters. The number of aromatic nitrogens is 1. The fourth-order valence-electron chi connectivity index (χ4n) is 3.07. The number of carbonyl (C=O) groups excluding carboxylic acids is 1. The molecular formula is C19H20N2O4. The van der Waals surface area contributed by atoms with E-state index in [1.807, 2.05) is 18.2 Å². The fraction of sp³-hybridized carbons (Fsp3) is 0.368. The van der Waals surface area contributed by atoms with E-state index in [4.69, 9.17) is 9.47 Å². The average molecular weight is 340 g/mol. The van der Waals surface area contributed by atoms with E-state index < -0.39 is 0 Å². The number of fused-ring (bicyclic) bond motifs is 1. The van der Waals surface area contributed by atoms with E-state index in [1.54, 1.807) is 19.3 Å². The molecule has 25 heavy (non-hydrogen) atoms. The Morgan fingerprint density at radius 2 is 1.92 bits per heavy atom. The molecule has 4 rings (SSSR count). The van der Waals surface area contributed by atoms with Crippen molar-refractivity contribution in [1.82, 2.24) is 9.88 Å². The SMILES string of the molecule is Cn1ccc(C(=O)NC(c2ccc3c(c2)OCCO3)C2CC2)cc1=O. The molecule has 130 valence electrons. The van der Waals surface area contributed by atoms with E-state index in [1.165, 1.54) is 10.6 Å². The number of nitrogens with zero attached hydrogens (tertiary/aromatic N) is 1. The van der Waals surface area contributed by atoms with Crippen molar-refractivity contribution in [2.45, 2.75) is 18.9 Å². The molecule has 0 bridgehead atoms. The summed E-state index contributed by atoms with van der Waals surface area (Å²) in [6.45, 7) is 1.09. The summed E-state index contributed by atoms with van der Waals surface area (Å²) in [5.41, 5.74) is 1.19. The molecule has 1 N–H and O–H groups in total. The van der Waals surface area contributed by atoms with Crippen molar-refractivity contribution in [3.05, 3.63) is 58.0 Å². The third-order valence-electron chi connectivity index (χ3n) is 4.67. The number of nitrogens with one attached hydrogen (secondary N) is 1. The first-order valence-electron chi connectivity index (χ1n) is 8.49. The van der Waals surface area contributed by atoms with Crippen molar-refractivity contribution >= 4 is 5.91 Å². The molecule has 1 aliphatic carbocycles. The van der Waals surface area contributed by atoms with Crippen LogP contribution < -0.4 is 20.3 Å². The normalized spacial score (nSPS) is 17.0. The van der Waals surface area contributed by atoms with Gasteiger partial charge in [0.25, 0.3) is 11.5 Å². The molecule has 1 amide bonds. The van der Waals surface area contributed by atoms with Gasteiger partial charge in [0.15, 0.2) is 11.5 Å². The predicted octanol–water partition coefficient (Wildman–Crippen LogP) is 2.04. The zero-order valence-corrected chi connectivity index (χ0v) is 14.0. The lowest BCUT2D eigenvalue weighted by Gasteiger charge is -2.23. The molecule has 0 saturated heterocycles. The Bertz CT molecular complexity index is 870. The first kappa shape index (κ1) is 15.7. The molecule has 0 spiro atoms. The van der Waals surface area contributed by atoms with Crippen LogP contribution >= 0.6 is 0 Å². The maximum Gasteiger partial charge on any atom is 0.252 e. The summed E-state index contributed by atoms with van der Waals surface area (Å²) in [4.78, 5) is 24.4. The summed E-state index contributed by atoms with van der Waals surface area (Å²) in [5.74, 6) is 1.64. The van der Waals surface area contributed by atoms with Crippen LogP contribution in [0.1, 0.15) is 34.8 Å². The topological polar surface area (TPSA) is 69.6 Å². The third-order valence-corrected chi connectivity index (χ3v) is 4.67. The van der Waals surface area contributed by atoms with Gasteiger partial charge < -0.3 is 19.4 Å². The summed E-state index contributed by atoms with van der Waals surface area (Å²) >= 11 is 0. The number of ether oxygens (including phenoxy) is 2. The van der Waals surface area contributed by atoms with Gasteiger partial charge >= 0.3 is 0 Å². The van der Waals surface area contributed by atoms with E-state index in [9.17, 15) is 9.59 Å². The number of amides is 1. The minimum Gasteiger partial charge on any atom is -0.486 e. The van der Waals surface area contributed by atoms with Crippen LogP contribution in [0.4, 0.5) is 0 Å². The molecule has 1 aromatic heterocycles. The Hall–Kier alpha value is -2.76. The number of hydrogen-bond acceptors (Lipinski definition) is 4. The molecule has 1 atom stereocenters. The van der Waals surface area contributed by atoms with Crippen LogP contribution in [-0.4, -0.2) is 23.7 Å². The monoisotopic (exact) mass is 340 g/mol. The van der Waals surface area contributed by atoms with Gasteiger partial charge in [-0.3, -0.25) is 9.59 Å².